The molecule has 0 saturated carbocycles. The molecule has 1 heterocycles. The molecule has 0 bridgehead atoms. The van der Waals surface area contributed by atoms with Gasteiger partial charge in [0, 0.05) is 12.0 Å². The summed E-state index contributed by atoms with van der Waals surface area (Å²) in [5, 5.41) is 0.403. The van der Waals surface area contributed by atoms with Gasteiger partial charge in [-0.2, -0.15) is 21.6 Å². The van der Waals surface area contributed by atoms with Crippen LogP contribution in [0, 0.1) is 0 Å². The molecule has 3 rings (SSSR count). The molecule has 2 aromatic rings. The molecular formula is C21H22F3NO6S. The molecule has 0 aromatic heterocycles. The first kappa shape index (κ1) is 24.1. The van der Waals surface area contributed by atoms with Crippen LogP contribution in [0.3, 0.4) is 0 Å². The van der Waals surface area contributed by atoms with E-state index < -0.39 is 27.4 Å². The van der Waals surface area contributed by atoms with Gasteiger partial charge in [0.1, 0.15) is 0 Å². The Hall–Kier alpha value is -2.50. The number of alkyl halides is 3. The van der Waals surface area contributed by atoms with Crippen molar-refractivity contribution >= 4 is 32.7 Å². The molecule has 0 radical (unpaired) electrons. The maximum absolute atomic E-state index is 12.8. The van der Waals surface area contributed by atoms with E-state index in [1.165, 1.54) is 18.2 Å². The quantitative estimate of drug-likeness (QED) is 0.293. The van der Waals surface area contributed by atoms with Crippen molar-refractivity contribution < 1.29 is 40.2 Å². The van der Waals surface area contributed by atoms with Gasteiger partial charge in [0.05, 0.1) is 17.2 Å². The summed E-state index contributed by atoms with van der Waals surface area (Å²) in [5.41, 5.74) is -5.34. The third-order valence-electron chi connectivity index (χ3n) is 5.14. The molecule has 2 aromatic carbocycles. The van der Waals surface area contributed by atoms with Crippen LogP contribution < -0.4 is 0 Å². The van der Waals surface area contributed by atoms with Gasteiger partial charge in [-0.3, -0.25) is 9.59 Å². The van der Waals surface area contributed by atoms with Crippen molar-refractivity contribution in [2.45, 2.75) is 51.1 Å². The minimum absolute atomic E-state index is 0.139. The lowest BCUT2D eigenvalue weighted by Gasteiger charge is -2.27. The first-order chi connectivity index (χ1) is 15.0. The fraction of sp³-hybridized carbons (Fsp3) is 0.429. The molecule has 2 amide bonds. The lowest BCUT2D eigenvalue weighted by Crippen LogP contribution is -2.44. The fourth-order valence-electron chi connectivity index (χ4n) is 3.70. The van der Waals surface area contributed by atoms with Gasteiger partial charge in [0.25, 0.3) is 11.8 Å². The van der Waals surface area contributed by atoms with Gasteiger partial charge in [-0.1, -0.05) is 44.4 Å². The Kier molecular flexibility index (Phi) is 6.91. The summed E-state index contributed by atoms with van der Waals surface area (Å²) < 4.78 is 70.8. The summed E-state index contributed by atoms with van der Waals surface area (Å²) in [6, 6.07) is 7.45. The number of carbonyl (C=O) groups is 2. The average Bonchev–Trinajstić information content (AvgIpc) is 2.73. The van der Waals surface area contributed by atoms with E-state index >= 15 is 0 Å². The number of ether oxygens (including phenoxy) is 1. The zero-order valence-electron chi connectivity index (χ0n) is 17.4. The molecule has 7 nitrogen and oxygen atoms in total. The number of hydrogen-bond acceptors (Lipinski definition) is 6. The van der Waals surface area contributed by atoms with Gasteiger partial charge in [0.2, 0.25) is 0 Å². The van der Waals surface area contributed by atoms with E-state index in [0.717, 1.165) is 24.8 Å². The summed E-state index contributed by atoms with van der Waals surface area (Å²) in [6.07, 6.45) is 3.32. The molecule has 32 heavy (non-hydrogen) atoms. The number of unbranched alkanes of at least 4 members (excludes halogenated alkanes) is 2. The minimum Gasteiger partial charge on any atom is -0.374 e. The van der Waals surface area contributed by atoms with Gasteiger partial charge in [0.15, 0.2) is 0 Å². The summed E-state index contributed by atoms with van der Waals surface area (Å²) >= 11 is 0. The molecule has 0 spiro atoms. The van der Waals surface area contributed by atoms with Crippen molar-refractivity contribution in [1.29, 1.82) is 0 Å². The van der Waals surface area contributed by atoms with Crippen molar-refractivity contribution in [2.24, 2.45) is 0 Å². The molecule has 0 fully saturated rings. The predicted molar refractivity (Wildman–Crippen MR) is 109 cm³/mol. The fourth-order valence-corrected chi connectivity index (χ4v) is 4.11. The molecule has 1 atom stereocenters. The zero-order chi connectivity index (χ0) is 23.7. The second kappa shape index (κ2) is 9.16. The summed E-state index contributed by atoms with van der Waals surface area (Å²) in [4.78, 5) is 25.5. The summed E-state index contributed by atoms with van der Waals surface area (Å²) in [6.45, 7) is 4.36. The Morgan fingerprint density at radius 1 is 1.00 bits per heavy atom. The Morgan fingerprint density at radius 2 is 1.66 bits per heavy atom. The van der Waals surface area contributed by atoms with Crippen LogP contribution in [-0.2, 0) is 19.1 Å². The number of hydrogen-bond donors (Lipinski definition) is 0. The Morgan fingerprint density at radius 3 is 2.25 bits per heavy atom. The number of carbonyl (C=O) groups excluding carboxylic acids is 2. The van der Waals surface area contributed by atoms with E-state index in [2.05, 4.69) is 11.2 Å². The van der Waals surface area contributed by atoms with E-state index in [9.17, 15) is 31.2 Å². The molecule has 0 aliphatic carbocycles. The van der Waals surface area contributed by atoms with Gasteiger partial charge in [-0.05, 0) is 36.4 Å². The minimum atomic E-state index is -6.21. The standard InChI is InChI=1S/C21H22F3NO6S/c1-3-5-6-10-17(30-4-2)13-11-12-16-18-14(13)8-7-9-15(18)19(26)25(20(16)27)31-32(28,29)21(22,23)24/h7-9,11-12,17H,3-6,10H2,1-2H3. The molecular weight excluding hydrogens is 451 g/mol. The van der Waals surface area contributed by atoms with Crippen LogP contribution in [0.15, 0.2) is 30.3 Å². The first-order valence-corrected chi connectivity index (χ1v) is 11.5. The lowest BCUT2D eigenvalue weighted by atomic mass is 9.89. The van der Waals surface area contributed by atoms with Crippen molar-refractivity contribution in [3.05, 3.63) is 47.0 Å². The van der Waals surface area contributed by atoms with Gasteiger partial charge >= 0.3 is 15.6 Å². The van der Waals surface area contributed by atoms with Crippen molar-refractivity contribution in [2.75, 3.05) is 6.61 Å². The number of nitrogens with zero attached hydrogens (tertiary/aromatic N) is 1. The highest BCUT2D eigenvalue weighted by molar-refractivity contribution is 7.87. The number of benzene rings is 2. The first-order valence-electron chi connectivity index (χ1n) is 10.1. The number of rotatable bonds is 9. The second-order valence-electron chi connectivity index (χ2n) is 7.25. The predicted octanol–water partition coefficient (Wildman–Crippen LogP) is 4.87. The second-order valence-corrected chi connectivity index (χ2v) is 8.77. The van der Waals surface area contributed by atoms with E-state index in [-0.39, 0.29) is 27.7 Å². The normalized spacial score (nSPS) is 15.5. The van der Waals surface area contributed by atoms with Crippen LogP contribution in [0.4, 0.5) is 13.2 Å². The number of amides is 2. The monoisotopic (exact) mass is 473 g/mol. The summed E-state index contributed by atoms with van der Waals surface area (Å²) in [5.74, 6) is -2.59. The highest BCUT2D eigenvalue weighted by Crippen LogP contribution is 2.38. The maximum atomic E-state index is 12.8. The molecule has 1 aliphatic heterocycles. The highest BCUT2D eigenvalue weighted by Gasteiger charge is 2.51. The topological polar surface area (TPSA) is 90.0 Å². The number of hydroxylamine groups is 2. The molecule has 0 saturated heterocycles. The van der Waals surface area contributed by atoms with Crippen molar-refractivity contribution in [1.82, 2.24) is 5.06 Å². The maximum Gasteiger partial charge on any atom is 0.525 e. The smallest absolute Gasteiger partial charge is 0.374 e. The van der Waals surface area contributed by atoms with Gasteiger partial charge < -0.3 is 4.74 Å². The average molecular weight is 473 g/mol. The van der Waals surface area contributed by atoms with Crippen LogP contribution in [0.1, 0.15) is 71.9 Å². The van der Waals surface area contributed by atoms with Crippen LogP contribution in [0.5, 0.6) is 0 Å². The van der Waals surface area contributed by atoms with Gasteiger partial charge in [-0.25, -0.2) is 0 Å². The van der Waals surface area contributed by atoms with Crippen LogP contribution in [-0.4, -0.2) is 37.4 Å². The van der Waals surface area contributed by atoms with E-state index in [4.69, 9.17) is 4.74 Å². The Labute approximate surface area is 183 Å². The van der Waals surface area contributed by atoms with E-state index in [1.807, 2.05) is 6.92 Å². The third-order valence-corrected chi connectivity index (χ3v) is 6.06. The molecule has 0 N–H and O–H groups in total. The molecule has 174 valence electrons. The van der Waals surface area contributed by atoms with Crippen LogP contribution in [0.2, 0.25) is 0 Å². The third kappa shape index (κ3) is 4.37. The zero-order valence-corrected chi connectivity index (χ0v) is 18.3. The SMILES string of the molecule is CCCCCC(OCC)c1ccc2c3c(cccc13)C(=O)N(OS(=O)(=O)C(F)(F)F)C2=O. The van der Waals surface area contributed by atoms with E-state index in [0.29, 0.717) is 18.4 Å². The van der Waals surface area contributed by atoms with Crippen LogP contribution in [0.25, 0.3) is 10.8 Å². The summed E-state index contributed by atoms with van der Waals surface area (Å²) in [7, 11) is -6.21. The molecule has 11 heteroatoms. The Bertz CT molecular complexity index is 1120. The molecule has 1 unspecified atom stereocenters. The van der Waals surface area contributed by atoms with E-state index in [1.54, 1.807) is 12.1 Å². The number of halogens is 3. The van der Waals surface area contributed by atoms with Crippen molar-refractivity contribution in [3.8, 4) is 0 Å². The Balaban J connectivity index is 2.09. The lowest BCUT2D eigenvalue weighted by molar-refractivity contribution is -0.0761. The van der Waals surface area contributed by atoms with Crippen LogP contribution >= 0.6 is 0 Å². The highest BCUT2D eigenvalue weighted by atomic mass is 32.2. The molecule has 1 aliphatic rings. The van der Waals surface area contributed by atoms with Gasteiger partial charge in [-0.15, -0.1) is 9.35 Å². The largest absolute Gasteiger partial charge is 0.525 e. The van der Waals surface area contributed by atoms with Crippen molar-refractivity contribution in [3.63, 3.8) is 0 Å². The number of imide groups is 1.